The Labute approximate surface area is 104 Å². The molecule has 0 saturated carbocycles. The van der Waals surface area contributed by atoms with Crippen molar-refractivity contribution in [1.29, 1.82) is 0 Å². The van der Waals surface area contributed by atoms with Crippen molar-refractivity contribution in [3.8, 4) is 5.75 Å². The van der Waals surface area contributed by atoms with Gasteiger partial charge in [0.25, 0.3) is 0 Å². The molecule has 1 aliphatic heterocycles. The van der Waals surface area contributed by atoms with Gasteiger partial charge in [0.15, 0.2) is 0 Å². The lowest BCUT2D eigenvalue weighted by Crippen LogP contribution is -2.29. The Morgan fingerprint density at radius 1 is 1.44 bits per heavy atom. The van der Waals surface area contributed by atoms with E-state index in [9.17, 15) is 4.79 Å². The fourth-order valence-electron chi connectivity index (χ4n) is 2.07. The van der Waals surface area contributed by atoms with Crippen LogP contribution < -0.4 is 10.1 Å². The third-order valence-electron chi connectivity index (χ3n) is 3.03. The quantitative estimate of drug-likeness (QED) is 0.851. The molecule has 5 heteroatoms. The van der Waals surface area contributed by atoms with Crippen LogP contribution in [-0.2, 0) is 11.3 Å². The van der Waals surface area contributed by atoms with E-state index in [0.29, 0.717) is 13.2 Å². The molecular formula is C13H13N3O2. The van der Waals surface area contributed by atoms with Crippen LogP contribution in [0.1, 0.15) is 17.2 Å². The Morgan fingerprint density at radius 3 is 3.17 bits per heavy atom. The summed E-state index contributed by atoms with van der Waals surface area (Å²) in [7, 11) is 0. The van der Waals surface area contributed by atoms with Crippen molar-refractivity contribution in [3.63, 3.8) is 0 Å². The van der Waals surface area contributed by atoms with Crippen LogP contribution in [0.3, 0.4) is 0 Å². The molecule has 5 nitrogen and oxygen atoms in total. The molecule has 1 aromatic heterocycles. The van der Waals surface area contributed by atoms with Crippen LogP contribution in [0.15, 0.2) is 36.5 Å². The van der Waals surface area contributed by atoms with E-state index < -0.39 is 0 Å². The first-order chi connectivity index (χ1) is 8.84. The van der Waals surface area contributed by atoms with Crippen LogP contribution in [0, 0.1) is 0 Å². The zero-order chi connectivity index (χ0) is 12.4. The first-order valence-corrected chi connectivity index (χ1v) is 5.82. The maximum absolute atomic E-state index is 12.1. The molecule has 0 fully saturated rings. The Bertz CT molecular complexity index is 551. The largest absolute Gasteiger partial charge is 0.492 e. The van der Waals surface area contributed by atoms with Crippen LogP contribution in [0.4, 0.5) is 0 Å². The van der Waals surface area contributed by atoms with Crippen LogP contribution in [0.25, 0.3) is 0 Å². The first kappa shape index (κ1) is 10.8. The van der Waals surface area contributed by atoms with Crippen LogP contribution in [0.2, 0.25) is 0 Å². The molecule has 0 spiro atoms. The van der Waals surface area contributed by atoms with E-state index in [2.05, 4.69) is 15.5 Å². The van der Waals surface area contributed by atoms with Gasteiger partial charge in [0.2, 0.25) is 5.91 Å². The summed E-state index contributed by atoms with van der Waals surface area (Å²) in [4.78, 5) is 12.1. The van der Waals surface area contributed by atoms with Gasteiger partial charge in [0.05, 0.1) is 12.2 Å². The molecule has 1 amide bonds. The number of fused-ring (bicyclic) bond motifs is 1. The highest BCUT2D eigenvalue weighted by molar-refractivity contribution is 5.85. The van der Waals surface area contributed by atoms with Gasteiger partial charge in [-0.1, -0.05) is 18.2 Å². The second kappa shape index (κ2) is 4.52. The number of nitrogens with zero attached hydrogens (tertiary/aromatic N) is 1. The number of H-pyrrole nitrogens is 1. The lowest BCUT2D eigenvalue weighted by atomic mass is 10.0. The number of aromatic amines is 1. The molecular weight excluding hydrogens is 230 g/mol. The van der Waals surface area contributed by atoms with E-state index in [1.165, 1.54) is 0 Å². The van der Waals surface area contributed by atoms with Crippen molar-refractivity contribution in [2.75, 3.05) is 6.61 Å². The summed E-state index contributed by atoms with van der Waals surface area (Å²) in [6.07, 6.45) is 1.66. The molecule has 0 aliphatic carbocycles. The van der Waals surface area contributed by atoms with Crippen molar-refractivity contribution in [2.45, 2.75) is 12.5 Å². The number of carbonyl (C=O) groups excluding carboxylic acids is 1. The van der Waals surface area contributed by atoms with E-state index >= 15 is 0 Å². The summed E-state index contributed by atoms with van der Waals surface area (Å²) < 4.78 is 5.49. The summed E-state index contributed by atoms with van der Waals surface area (Å²) in [5.41, 5.74) is 1.84. The third-order valence-corrected chi connectivity index (χ3v) is 3.03. The molecule has 2 N–H and O–H groups in total. The second-order valence-corrected chi connectivity index (χ2v) is 4.20. The lowest BCUT2D eigenvalue weighted by Gasteiger charge is -2.09. The minimum Gasteiger partial charge on any atom is -0.492 e. The maximum atomic E-state index is 12.1. The van der Waals surface area contributed by atoms with E-state index in [4.69, 9.17) is 4.74 Å². The highest BCUT2D eigenvalue weighted by Crippen LogP contribution is 2.33. The van der Waals surface area contributed by atoms with Gasteiger partial charge >= 0.3 is 0 Å². The molecule has 2 aromatic rings. The van der Waals surface area contributed by atoms with Crippen molar-refractivity contribution in [2.24, 2.45) is 0 Å². The van der Waals surface area contributed by atoms with Crippen molar-refractivity contribution in [1.82, 2.24) is 15.5 Å². The molecule has 0 radical (unpaired) electrons. The molecule has 2 heterocycles. The number of hydrogen-bond donors (Lipinski definition) is 2. The number of benzene rings is 1. The van der Waals surface area contributed by atoms with Gasteiger partial charge in [-0.05, 0) is 12.1 Å². The highest BCUT2D eigenvalue weighted by atomic mass is 16.5. The molecule has 1 unspecified atom stereocenters. The SMILES string of the molecule is O=C(NCc1ccn[nH]1)C1COc2ccccc21. The summed E-state index contributed by atoms with van der Waals surface area (Å²) in [5, 5.41) is 9.52. The van der Waals surface area contributed by atoms with Crippen molar-refractivity contribution >= 4 is 5.91 Å². The van der Waals surface area contributed by atoms with Crippen LogP contribution >= 0.6 is 0 Å². The smallest absolute Gasteiger partial charge is 0.231 e. The minimum atomic E-state index is -0.218. The van der Waals surface area contributed by atoms with E-state index in [1.54, 1.807) is 6.20 Å². The van der Waals surface area contributed by atoms with Gasteiger partial charge < -0.3 is 10.1 Å². The monoisotopic (exact) mass is 243 g/mol. The molecule has 1 aromatic carbocycles. The fourth-order valence-corrected chi connectivity index (χ4v) is 2.07. The molecule has 1 atom stereocenters. The number of para-hydroxylation sites is 1. The average Bonchev–Trinajstić information content (AvgIpc) is 3.05. The number of ether oxygens (including phenoxy) is 1. The van der Waals surface area contributed by atoms with Crippen molar-refractivity contribution < 1.29 is 9.53 Å². The number of carbonyl (C=O) groups is 1. The molecule has 3 rings (SSSR count). The van der Waals surface area contributed by atoms with Gasteiger partial charge in [-0.3, -0.25) is 9.89 Å². The molecule has 0 saturated heterocycles. The summed E-state index contributed by atoms with van der Waals surface area (Å²) in [6.45, 7) is 0.867. The summed E-state index contributed by atoms with van der Waals surface area (Å²) >= 11 is 0. The summed E-state index contributed by atoms with van der Waals surface area (Å²) in [6, 6.07) is 9.48. The van der Waals surface area contributed by atoms with Gasteiger partial charge in [0, 0.05) is 11.8 Å². The topological polar surface area (TPSA) is 67.0 Å². The van der Waals surface area contributed by atoms with Gasteiger partial charge in [-0.25, -0.2) is 0 Å². The molecule has 0 bridgehead atoms. The van der Waals surface area contributed by atoms with Gasteiger partial charge in [-0.15, -0.1) is 0 Å². The van der Waals surface area contributed by atoms with Gasteiger partial charge in [0.1, 0.15) is 18.3 Å². The Balaban J connectivity index is 1.67. The third kappa shape index (κ3) is 1.95. The first-order valence-electron chi connectivity index (χ1n) is 5.82. The van der Waals surface area contributed by atoms with E-state index in [1.807, 2.05) is 30.3 Å². The number of nitrogens with one attached hydrogen (secondary N) is 2. The van der Waals surface area contributed by atoms with Crippen LogP contribution in [-0.4, -0.2) is 22.7 Å². The van der Waals surface area contributed by atoms with Crippen LogP contribution in [0.5, 0.6) is 5.75 Å². The van der Waals surface area contributed by atoms with Gasteiger partial charge in [-0.2, -0.15) is 5.10 Å². The minimum absolute atomic E-state index is 0.0189. The fraction of sp³-hybridized carbons (Fsp3) is 0.231. The standard InChI is InChI=1S/C13H13N3O2/c17-13(14-7-9-5-6-15-16-9)11-8-18-12-4-2-1-3-10(11)12/h1-6,11H,7-8H2,(H,14,17)(H,15,16). The molecule has 92 valence electrons. The number of amides is 1. The Kier molecular flexibility index (Phi) is 2.72. The molecule has 1 aliphatic rings. The van der Waals surface area contributed by atoms with E-state index in [-0.39, 0.29) is 11.8 Å². The normalized spacial score (nSPS) is 17.0. The maximum Gasteiger partial charge on any atom is 0.231 e. The average molecular weight is 243 g/mol. The second-order valence-electron chi connectivity index (χ2n) is 4.20. The van der Waals surface area contributed by atoms with Crippen molar-refractivity contribution in [3.05, 3.63) is 47.8 Å². The predicted molar refractivity (Wildman–Crippen MR) is 65.1 cm³/mol. The summed E-state index contributed by atoms with van der Waals surface area (Å²) in [5.74, 6) is 0.567. The Morgan fingerprint density at radius 2 is 2.33 bits per heavy atom. The predicted octanol–water partition coefficient (Wildman–Crippen LogP) is 1.20. The number of rotatable bonds is 3. The zero-order valence-electron chi connectivity index (χ0n) is 9.72. The zero-order valence-corrected chi connectivity index (χ0v) is 9.72. The lowest BCUT2D eigenvalue weighted by molar-refractivity contribution is -0.122. The van der Waals surface area contributed by atoms with E-state index in [0.717, 1.165) is 17.0 Å². The number of aromatic nitrogens is 2. The highest BCUT2D eigenvalue weighted by Gasteiger charge is 2.29. The number of hydrogen-bond acceptors (Lipinski definition) is 3. The Hall–Kier alpha value is -2.30. The molecule has 18 heavy (non-hydrogen) atoms.